The molecular formula is C12H9F3N2. The zero-order chi connectivity index (χ0) is 12.5. The van der Waals surface area contributed by atoms with Crippen LogP contribution in [0.2, 0.25) is 0 Å². The molecule has 0 saturated heterocycles. The maximum absolute atomic E-state index is 12.3. The molecule has 0 saturated carbocycles. The highest BCUT2D eigenvalue weighted by atomic mass is 19.4. The van der Waals surface area contributed by atoms with Crippen molar-refractivity contribution >= 4 is 5.69 Å². The number of anilines is 1. The average molecular weight is 238 g/mol. The van der Waals surface area contributed by atoms with Gasteiger partial charge in [0.15, 0.2) is 0 Å². The standard InChI is InChI=1S/C12H9F3N2/c13-12(14,15)9-4-5-11(17-7-9)8-2-1-3-10(16)6-8/h1-7H,16H2. The second-order valence-corrected chi connectivity index (χ2v) is 3.56. The fraction of sp³-hybridized carbons (Fsp3) is 0.0833. The first-order valence-electron chi connectivity index (χ1n) is 4.86. The molecule has 0 fully saturated rings. The maximum atomic E-state index is 12.3. The topological polar surface area (TPSA) is 38.9 Å². The Kier molecular flexibility index (Phi) is 2.75. The van der Waals surface area contributed by atoms with Crippen molar-refractivity contribution in [2.75, 3.05) is 5.73 Å². The van der Waals surface area contributed by atoms with Crippen LogP contribution >= 0.6 is 0 Å². The Morgan fingerprint density at radius 2 is 1.82 bits per heavy atom. The summed E-state index contributed by atoms with van der Waals surface area (Å²) in [6.07, 6.45) is -3.54. The normalized spacial score (nSPS) is 11.5. The van der Waals surface area contributed by atoms with E-state index in [1.165, 1.54) is 6.07 Å². The minimum atomic E-state index is -4.36. The van der Waals surface area contributed by atoms with Crippen molar-refractivity contribution < 1.29 is 13.2 Å². The quantitative estimate of drug-likeness (QED) is 0.774. The van der Waals surface area contributed by atoms with Gasteiger partial charge in [0, 0.05) is 17.4 Å². The Labute approximate surface area is 95.9 Å². The highest BCUT2D eigenvalue weighted by Gasteiger charge is 2.30. The number of rotatable bonds is 1. The first kappa shape index (κ1) is 11.4. The van der Waals surface area contributed by atoms with Gasteiger partial charge in [-0.25, -0.2) is 0 Å². The maximum Gasteiger partial charge on any atom is 0.417 e. The van der Waals surface area contributed by atoms with Gasteiger partial charge in [0.2, 0.25) is 0 Å². The molecule has 1 heterocycles. The van der Waals surface area contributed by atoms with Gasteiger partial charge in [0.1, 0.15) is 0 Å². The van der Waals surface area contributed by atoms with E-state index in [1.807, 2.05) is 0 Å². The van der Waals surface area contributed by atoms with Crippen LogP contribution < -0.4 is 5.73 Å². The van der Waals surface area contributed by atoms with E-state index < -0.39 is 11.7 Å². The Hall–Kier alpha value is -2.04. The van der Waals surface area contributed by atoms with E-state index in [4.69, 9.17) is 5.73 Å². The summed E-state index contributed by atoms with van der Waals surface area (Å²) in [5.41, 5.74) is 6.53. The Bertz CT molecular complexity index is 518. The summed E-state index contributed by atoms with van der Waals surface area (Å²) in [5.74, 6) is 0. The Balaban J connectivity index is 2.36. The smallest absolute Gasteiger partial charge is 0.399 e. The van der Waals surface area contributed by atoms with Gasteiger partial charge in [0.25, 0.3) is 0 Å². The van der Waals surface area contributed by atoms with E-state index in [-0.39, 0.29) is 0 Å². The van der Waals surface area contributed by atoms with Crippen LogP contribution in [0.25, 0.3) is 11.3 Å². The molecule has 2 rings (SSSR count). The molecule has 88 valence electrons. The minimum absolute atomic E-state index is 0.463. The van der Waals surface area contributed by atoms with Crippen molar-refractivity contribution in [1.29, 1.82) is 0 Å². The lowest BCUT2D eigenvalue weighted by Gasteiger charge is -2.07. The molecule has 0 atom stereocenters. The van der Waals surface area contributed by atoms with Crippen LogP contribution in [0.4, 0.5) is 18.9 Å². The largest absolute Gasteiger partial charge is 0.417 e. The second kappa shape index (κ2) is 4.08. The van der Waals surface area contributed by atoms with Crippen molar-refractivity contribution in [2.45, 2.75) is 6.18 Å². The van der Waals surface area contributed by atoms with Gasteiger partial charge in [-0.05, 0) is 24.3 Å². The lowest BCUT2D eigenvalue weighted by atomic mass is 10.1. The molecule has 2 N–H and O–H groups in total. The highest BCUT2D eigenvalue weighted by Crippen LogP contribution is 2.29. The van der Waals surface area contributed by atoms with Crippen LogP contribution in [-0.4, -0.2) is 4.98 Å². The first-order chi connectivity index (χ1) is 7.97. The fourth-order valence-corrected chi connectivity index (χ4v) is 1.43. The van der Waals surface area contributed by atoms with Gasteiger partial charge < -0.3 is 5.73 Å². The molecule has 0 spiro atoms. The summed E-state index contributed by atoms with van der Waals surface area (Å²) in [4.78, 5) is 3.78. The fourth-order valence-electron chi connectivity index (χ4n) is 1.43. The number of nitrogen functional groups attached to an aromatic ring is 1. The zero-order valence-corrected chi connectivity index (χ0v) is 8.70. The summed E-state index contributed by atoms with van der Waals surface area (Å²) in [5, 5.41) is 0. The number of benzene rings is 1. The van der Waals surface area contributed by atoms with Gasteiger partial charge in [-0.2, -0.15) is 13.2 Å². The van der Waals surface area contributed by atoms with Crippen molar-refractivity contribution in [3.63, 3.8) is 0 Å². The summed E-state index contributed by atoms with van der Waals surface area (Å²) in [6.45, 7) is 0. The molecule has 5 heteroatoms. The number of alkyl halides is 3. The number of nitrogens with zero attached hydrogens (tertiary/aromatic N) is 1. The molecule has 2 nitrogen and oxygen atoms in total. The molecule has 0 unspecified atom stereocenters. The molecule has 0 aliphatic carbocycles. The number of hydrogen-bond acceptors (Lipinski definition) is 2. The predicted octanol–water partition coefficient (Wildman–Crippen LogP) is 3.35. The third-order valence-electron chi connectivity index (χ3n) is 2.27. The van der Waals surface area contributed by atoms with Crippen LogP contribution in [0.1, 0.15) is 5.56 Å². The average Bonchev–Trinajstić information content (AvgIpc) is 2.28. The number of pyridine rings is 1. The lowest BCUT2D eigenvalue weighted by Crippen LogP contribution is -2.05. The van der Waals surface area contributed by atoms with Crippen LogP contribution in [0.3, 0.4) is 0 Å². The van der Waals surface area contributed by atoms with Gasteiger partial charge in [-0.3, -0.25) is 4.98 Å². The van der Waals surface area contributed by atoms with E-state index in [0.29, 0.717) is 16.9 Å². The van der Waals surface area contributed by atoms with Gasteiger partial charge in [0.05, 0.1) is 11.3 Å². The van der Waals surface area contributed by atoms with E-state index in [2.05, 4.69) is 4.98 Å². The molecule has 0 bridgehead atoms. The number of nitrogens with two attached hydrogens (primary N) is 1. The molecule has 1 aromatic carbocycles. The van der Waals surface area contributed by atoms with E-state index in [9.17, 15) is 13.2 Å². The van der Waals surface area contributed by atoms with E-state index >= 15 is 0 Å². The third-order valence-corrected chi connectivity index (χ3v) is 2.27. The van der Waals surface area contributed by atoms with Crippen molar-refractivity contribution in [1.82, 2.24) is 4.98 Å². The predicted molar refractivity (Wildman–Crippen MR) is 59.1 cm³/mol. The molecule has 17 heavy (non-hydrogen) atoms. The van der Waals surface area contributed by atoms with Crippen LogP contribution in [0, 0.1) is 0 Å². The number of aromatic nitrogens is 1. The van der Waals surface area contributed by atoms with Crippen LogP contribution in [0.5, 0.6) is 0 Å². The van der Waals surface area contributed by atoms with Crippen molar-refractivity contribution in [3.8, 4) is 11.3 Å². The van der Waals surface area contributed by atoms with Crippen molar-refractivity contribution in [3.05, 3.63) is 48.2 Å². The van der Waals surface area contributed by atoms with Gasteiger partial charge >= 0.3 is 6.18 Å². The molecular weight excluding hydrogens is 229 g/mol. The van der Waals surface area contributed by atoms with Crippen LogP contribution in [-0.2, 0) is 6.18 Å². The number of halogens is 3. The molecule has 2 aromatic rings. The molecule has 0 aliphatic rings. The monoisotopic (exact) mass is 238 g/mol. The highest BCUT2D eigenvalue weighted by molar-refractivity contribution is 5.63. The molecule has 1 aromatic heterocycles. The molecule has 0 radical (unpaired) electrons. The van der Waals surface area contributed by atoms with Crippen molar-refractivity contribution in [2.24, 2.45) is 0 Å². The minimum Gasteiger partial charge on any atom is -0.399 e. The summed E-state index contributed by atoms with van der Waals surface area (Å²) in [6, 6.07) is 9.17. The number of hydrogen-bond donors (Lipinski definition) is 1. The summed E-state index contributed by atoms with van der Waals surface area (Å²) >= 11 is 0. The SMILES string of the molecule is Nc1cccc(-c2ccc(C(F)(F)F)cn2)c1. The lowest BCUT2D eigenvalue weighted by molar-refractivity contribution is -0.137. The van der Waals surface area contributed by atoms with Gasteiger partial charge in [-0.1, -0.05) is 12.1 Å². The molecule has 0 amide bonds. The third kappa shape index (κ3) is 2.55. The van der Waals surface area contributed by atoms with E-state index in [0.717, 1.165) is 12.3 Å². The van der Waals surface area contributed by atoms with Gasteiger partial charge in [-0.15, -0.1) is 0 Å². The first-order valence-corrected chi connectivity index (χ1v) is 4.86. The summed E-state index contributed by atoms with van der Waals surface area (Å²) in [7, 11) is 0. The second-order valence-electron chi connectivity index (χ2n) is 3.56. The summed E-state index contributed by atoms with van der Waals surface area (Å²) < 4.78 is 37.0. The zero-order valence-electron chi connectivity index (χ0n) is 8.70. The Morgan fingerprint density at radius 1 is 1.06 bits per heavy atom. The van der Waals surface area contributed by atoms with Crippen LogP contribution in [0.15, 0.2) is 42.6 Å². The molecule has 0 aliphatic heterocycles. The Morgan fingerprint density at radius 3 is 2.35 bits per heavy atom. The van der Waals surface area contributed by atoms with E-state index in [1.54, 1.807) is 24.3 Å².